The van der Waals surface area contributed by atoms with Gasteiger partial charge in [0.25, 0.3) is 5.56 Å². The lowest BCUT2D eigenvalue weighted by Gasteiger charge is -2.26. The molecule has 5 rings (SSSR count). The van der Waals surface area contributed by atoms with Crippen LogP contribution in [-0.2, 0) is 24.2 Å². The van der Waals surface area contributed by atoms with Gasteiger partial charge in [-0.3, -0.25) is 9.59 Å². The lowest BCUT2D eigenvalue weighted by molar-refractivity contribution is -0.122. The van der Waals surface area contributed by atoms with Gasteiger partial charge in [-0.25, -0.2) is 9.20 Å². The van der Waals surface area contributed by atoms with Crippen LogP contribution in [0.2, 0.25) is 0 Å². The van der Waals surface area contributed by atoms with Crippen molar-refractivity contribution in [3.8, 4) is 11.3 Å². The van der Waals surface area contributed by atoms with Gasteiger partial charge in [0.2, 0.25) is 5.91 Å². The number of nitrogens with one attached hydrogen (secondary N) is 1. The Morgan fingerprint density at radius 2 is 1.91 bits per heavy atom. The van der Waals surface area contributed by atoms with Crippen molar-refractivity contribution >= 4 is 11.4 Å². The maximum Gasteiger partial charge on any atom is 0.293 e. The lowest BCUT2D eigenvalue weighted by Crippen LogP contribution is -2.37. The summed E-state index contributed by atoms with van der Waals surface area (Å²) in [5.41, 5.74) is 5.42. The van der Waals surface area contributed by atoms with Gasteiger partial charge in [0.15, 0.2) is 0 Å². The molecule has 2 aromatic carbocycles. The Labute approximate surface area is 192 Å². The second-order valence-corrected chi connectivity index (χ2v) is 8.60. The van der Waals surface area contributed by atoms with E-state index in [2.05, 4.69) is 46.7 Å². The zero-order chi connectivity index (χ0) is 22.9. The van der Waals surface area contributed by atoms with Gasteiger partial charge in [0.05, 0.1) is 11.7 Å². The predicted octanol–water partition coefficient (Wildman–Crippen LogP) is 3.62. The van der Waals surface area contributed by atoms with Crippen LogP contribution in [0.15, 0.2) is 59.4 Å². The molecule has 0 bridgehead atoms. The Bertz CT molecular complexity index is 1380. The van der Waals surface area contributed by atoms with Gasteiger partial charge in [0, 0.05) is 5.56 Å². The summed E-state index contributed by atoms with van der Waals surface area (Å²) in [6, 6.07) is 18.1. The van der Waals surface area contributed by atoms with Crippen LogP contribution in [-0.4, -0.2) is 25.3 Å². The summed E-state index contributed by atoms with van der Waals surface area (Å²) >= 11 is 0. The molecule has 0 aliphatic heterocycles. The minimum Gasteiger partial charge on any atom is -0.348 e. The fraction of sp³-hybridized carbons (Fsp3) is 0.308. The van der Waals surface area contributed by atoms with Crippen LogP contribution >= 0.6 is 0 Å². The van der Waals surface area contributed by atoms with Gasteiger partial charge in [-0.15, -0.1) is 0 Å². The number of hydrogen-bond acceptors (Lipinski definition) is 4. The molecule has 1 aliphatic carbocycles. The van der Waals surface area contributed by atoms with Crippen LogP contribution in [0, 0.1) is 6.92 Å². The number of carbonyl (C=O) groups excluding carboxylic acids is 1. The largest absolute Gasteiger partial charge is 0.348 e. The van der Waals surface area contributed by atoms with Crippen molar-refractivity contribution < 1.29 is 4.79 Å². The highest BCUT2D eigenvalue weighted by Crippen LogP contribution is 2.29. The molecule has 1 atom stereocenters. The van der Waals surface area contributed by atoms with Crippen molar-refractivity contribution in [3.05, 3.63) is 87.5 Å². The first kappa shape index (κ1) is 21.1. The summed E-state index contributed by atoms with van der Waals surface area (Å²) in [4.78, 5) is 26.0. The number of aromatic nitrogens is 4. The first-order valence-electron chi connectivity index (χ1n) is 11.5. The molecule has 0 unspecified atom stereocenters. The van der Waals surface area contributed by atoms with Gasteiger partial charge in [-0.2, -0.15) is 10.2 Å². The Kier molecular flexibility index (Phi) is 5.54. The minimum atomic E-state index is -0.330. The zero-order valence-corrected chi connectivity index (χ0v) is 18.9. The third kappa shape index (κ3) is 4.06. The maximum atomic E-state index is 13.1. The summed E-state index contributed by atoms with van der Waals surface area (Å²) in [5.74, 6) is 0.335. The number of fused-ring (bicyclic) bond motifs is 2. The van der Waals surface area contributed by atoms with Gasteiger partial charge < -0.3 is 5.32 Å². The van der Waals surface area contributed by atoms with Gasteiger partial charge in [-0.1, -0.05) is 55.5 Å². The molecule has 33 heavy (non-hydrogen) atoms. The number of nitrogens with zero attached hydrogens (tertiary/aromatic N) is 4. The first-order chi connectivity index (χ1) is 16.0. The van der Waals surface area contributed by atoms with E-state index in [1.807, 2.05) is 24.3 Å². The summed E-state index contributed by atoms with van der Waals surface area (Å²) in [6.07, 6.45) is 3.92. The average molecular weight is 442 g/mol. The molecule has 1 N–H and O–H groups in total. The lowest BCUT2D eigenvalue weighted by atomic mass is 9.88. The van der Waals surface area contributed by atoms with E-state index in [-0.39, 0.29) is 24.1 Å². The van der Waals surface area contributed by atoms with Crippen LogP contribution in [0.1, 0.15) is 48.3 Å². The molecule has 168 valence electrons. The summed E-state index contributed by atoms with van der Waals surface area (Å²) < 4.78 is 2.79. The molecule has 0 radical (unpaired) electrons. The van der Waals surface area contributed by atoms with Crippen molar-refractivity contribution in [1.29, 1.82) is 0 Å². The standard InChI is InChI=1S/C26H27N5O2/c1-3-18-11-13-20(14-12-18)23-15-24-26(33)30(28-17(2)31(24)29-23)16-25(32)27-22-10-6-8-19-7-4-5-9-21(19)22/h4-5,7,9,11-15,22H,3,6,8,10,16H2,1-2H3,(H,27,32)/t22-/m1/s1. The van der Waals surface area contributed by atoms with Crippen LogP contribution in [0.4, 0.5) is 0 Å². The molecule has 7 nitrogen and oxygen atoms in total. The summed E-state index contributed by atoms with van der Waals surface area (Å²) in [5, 5.41) is 12.0. The molecule has 0 spiro atoms. The number of aryl methyl sites for hydroxylation is 3. The fourth-order valence-corrected chi connectivity index (χ4v) is 4.61. The Hall–Kier alpha value is -3.74. The van der Waals surface area contributed by atoms with E-state index in [9.17, 15) is 9.59 Å². The van der Waals surface area contributed by atoms with Crippen molar-refractivity contribution in [2.75, 3.05) is 0 Å². The molecule has 0 fully saturated rings. The second kappa shape index (κ2) is 8.65. The van der Waals surface area contributed by atoms with E-state index >= 15 is 0 Å². The number of benzene rings is 2. The minimum absolute atomic E-state index is 0.0318. The molecule has 0 saturated heterocycles. The van der Waals surface area contributed by atoms with Crippen molar-refractivity contribution in [2.45, 2.75) is 52.1 Å². The first-order valence-corrected chi connectivity index (χ1v) is 11.5. The smallest absolute Gasteiger partial charge is 0.293 e. The SMILES string of the molecule is CCc1ccc(-c2cc3c(=O)n(CC(=O)N[C@@H]4CCCc5ccccc54)nc(C)n3n2)cc1. The summed E-state index contributed by atoms with van der Waals surface area (Å²) in [6.45, 7) is 3.77. The summed E-state index contributed by atoms with van der Waals surface area (Å²) in [7, 11) is 0. The monoisotopic (exact) mass is 441 g/mol. The molecule has 7 heteroatoms. The highest BCUT2D eigenvalue weighted by molar-refractivity contribution is 5.76. The van der Waals surface area contributed by atoms with E-state index in [4.69, 9.17) is 0 Å². The zero-order valence-electron chi connectivity index (χ0n) is 18.9. The third-order valence-corrected chi connectivity index (χ3v) is 6.39. The van der Waals surface area contributed by atoms with E-state index in [1.165, 1.54) is 21.4 Å². The number of hydrogen-bond donors (Lipinski definition) is 1. The Balaban J connectivity index is 1.40. The van der Waals surface area contributed by atoms with Crippen LogP contribution in [0.25, 0.3) is 16.8 Å². The molecular formula is C26H27N5O2. The fourth-order valence-electron chi connectivity index (χ4n) is 4.61. The van der Waals surface area contributed by atoms with E-state index < -0.39 is 0 Å². The Morgan fingerprint density at radius 1 is 1.12 bits per heavy atom. The predicted molar refractivity (Wildman–Crippen MR) is 127 cm³/mol. The molecule has 4 aromatic rings. The molecule has 1 aliphatic rings. The highest BCUT2D eigenvalue weighted by atomic mass is 16.2. The van der Waals surface area contributed by atoms with Crippen molar-refractivity contribution in [3.63, 3.8) is 0 Å². The molecule has 2 aromatic heterocycles. The molecule has 1 amide bonds. The van der Waals surface area contributed by atoms with Crippen molar-refractivity contribution in [2.24, 2.45) is 0 Å². The number of carbonyl (C=O) groups is 1. The van der Waals surface area contributed by atoms with Gasteiger partial charge >= 0.3 is 0 Å². The normalized spacial score (nSPS) is 15.4. The number of amides is 1. The number of rotatable bonds is 5. The van der Waals surface area contributed by atoms with E-state index in [1.54, 1.807) is 17.5 Å². The van der Waals surface area contributed by atoms with Crippen LogP contribution in [0.3, 0.4) is 0 Å². The molecule has 0 saturated carbocycles. The third-order valence-electron chi connectivity index (χ3n) is 6.39. The van der Waals surface area contributed by atoms with Gasteiger partial charge in [-0.05, 0) is 55.4 Å². The highest BCUT2D eigenvalue weighted by Gasteiger charge is 2.22. The van der Waals surface area contributed by atoms with Crippen molar-refractivity contribution in [1.82, 2.24) is 24.7 Å². The van der Waals surface area contributed by atoms with E-state index in [0.29, 0.717) is 17.0 Å². The average Bonchev–Trinajstić information content (AvgIpc) is 3.29. The van der Waals surface area contributed by atoms with E-state index in [0.717, 1.165) is 31.2 Å². The Morgan fingerprint density at radius 3 is 2.70 bits per heavy atom. The second-order valence-electron chi connectivity index (χ2n) is 8.60. The maximum absolute atomic E-state index is 13.1. The van der Waals surface area contributed by atoms with Gasteiger partial charge in [0.1, 0.15) is 17.9 Å². The van der Waals surface area contributed by atoms with Crippen LogP contribution < -0.4 is 10.9 Å². The topological polar surface area (TPSA) is 81.3 Å². The quantitative estimate of drug-likeness (QED) is 0.513. The molecule has 2 heterocycles. The van der Waals surface area contributed by atoms with Crippen LogP contribution in [0.5, 0.6) is 0 Å². The molecular weight excluding hydrogens is 414 g/mol.